The standard InChI is InChI=1S/C12H20N4O/c1-2-16(9-11-4-3-7-17-11)12-14-6-5-10(8-13)15-12/h5-6,11H,2-4,7-9,13H2,1H3. The smallest absolute Gasteiger partial charge is 0.225 e. The first-order valence-electron chi connectivity index (χ1n) is 6.22. The van der Waals surface area contributed by atoms with Crippen LogP contribution >= 0.6 is 0 Å². The highest BCUT2D eigenvalue weighted by Crippen LogP contribution is 2.16. The fourth-order valence-electron chi connectivity index (χ4n) is 2.04. The number of rotatable bonds is 5. The van der Waals surface area contributed by atoms with Gasteiger partial charge < -0.3 is 15.4 Å². The number of aromatic nitrogens is 2. The third-order valence-electron chi connectivity index (χ3n) is 3.02. The number of ether oxygens (including phenoxy) is 1. The number of nitrogens with zero attached hydrogens (tertiary/aromatic N) is 3. The van der Waals surface area contributed by atoms with Crippen molar-refractivity contribution in [2.75, 3.05) is 24.6 Å². The molecule has 5 nitrogen and oxygen atoms in total. The van der Waals surface area contributed by atoms with Crippen LogP contribution in [0.15, 0.2) is 12.3 Å². The normalized spacial score (nSPS) is 19.5. The zero-order chi connectivity index (χ0) is 12.1. The molecule has 1 saturated heterocycles. The molecule has 94 valence electrons. The van der Waals surface area contributed by atoms with Gasteiger partial charge in [-0.05, 0) is 25.8 Å². The summed E-state index contributed by atoms with van der Waals surface area (Å²) in [6, 6.07) is 1.85. The molecular formula is C12H20N4O. The van der Waals surface area contributed by atoms with E-state index in [1.165, 1.54) is 0 Å². The Hall–Kier alpha value is -1.20. The second-order valence-corrected chi connectivity index (χ2v) is 4.23. The fraction of sp³-hybridized carbons (Fsp3) is 0.667. The van der Waals surface area contributed by atoms with Crippen molar-refractivity contribution in [2.24, 2.45) is 5.73 Å². The predicted molar refractivity (Wildman–Crippen MR) is 66.8 cm³/mol. The summed E-state index contributed by atoms with van der Waals surface area (Å²) < 4.78 is 5.64. The molecule has 5 heteroatoms. The molecule has 0 aliphatic carbocycles. The number of nitrogens with two attached hydrogens (primary N) is 1. The van der Waals surface area contributed by atoms with Gasteiger partial charge in [0.25, 0.3) is 0 Å². The lowest BCUT2D eigenvalue weighted by Gasteiger charge is -2.24. The Labute approximate surface area is 102 Å². The molecule has 0 amide bonds. The zero-order valence-corrected chi connectivity index (χ0v) is 10.3. The van der Waals surface area contributed by atoms with Crippen LogP contribution in [-0.4, -0.2) is 35.8 Å². The Morgan fingerprint density at radius 2 is 2.47 bits per heavy atom. The summed E-state index contributed by atoms with van der Waals surface area (Å²) in [6.07, 6.45) is 4.38. The van der Waals surface area contributed by atoms with E-state index in [2.05, 4.69) is 21.8 Å². The van der Waals surface area contributed by atoms with Crippen LogP contribution < -0.4 is 10.6 Å². The van der Waals surface area contributed by atoms with Crippen LogP contribution in [0.1, 0.15) is 25.5 Å². The Bertz CT molecular complexity index is 352. The maximum Gasteiger partial charge on any atom is 0.225 e. The molecule has 1 aliphatic rings. The van der Waals surface area contributed by atoms with E-state index in [1.54, 1.807) is 6.20 Å². The quantitative estimate of drug-likeness (QED) is 0.824. The number of anilines is 1. The SMILES string of the molecule is CCN(CC1CCCO1)c1nccc(CN)n1. The largest absolute Gasteiger partial charge is 0.376 e. The topological polar surface area (TPSA) is 64.3 Å². The molecule has 1 aromatic rings. The van der Waals surface area contributed by atoms with Crippen LogP contribution in [0.25, 0.3) is 0 Å². The van der Waals surface area contributed by atoms with Crippen molar-refractivity contribution in [3.8, 4) is 0 Å². The van der Waals surface area contributed by atoms with Crippen molar-refractivity contribution in [3.05, 3.63) is 18.0 Å². The van der Waals surface area contributed by atoms with Crippen LogP contribution in [0.3, 0.4) is 0 Å². The van der Waals surface area contributed by atoms with Gasteiger partial charge in [-0.15, -0.1) is 0 Å². The van der Waals surface area contributed by atoms with Crippen LogP contribution in [0, 0.1) is 0 Å². The van der Waals surface area contributed by atoms with Crippen LogP contribution in [0.2, 0.25) is 0 Å². The van der Waals surface area contributed by atoms with Crippen molar-refractivity contribution < 1.29 is 4.74 Å². The molecule has 0 bridgehead atoms. The Morgan fingerprint density at radius 1 is 1.59 bits per heavy atom. The summed E-state index contributed by atoms with van der Waals surface area (Å²) in [7, 11) is 0. The summed E-state index contributed by atoms with van der Waals surface area (Å²) >= 11 is 0. The Kier molecular flexibility index (Phi) is 4.28. The molecule has 0 spiro atoms. The van der Waals surface area contributed by atoms with Crippen molar-refractivity contribution in [3.63, 3.8) is 0 Å². The molecule has 1 aromatic heterocycles. The van der Waals surface area contributed by atoms with Gasteiger partial charge in [-0.3, -0.25) is 0 Å². The average molecular weight is 236 g/mol. The van der Waals surface area contributed by atoms with E-state index >= 15 is 0 Å². The van der Waals surface area contributed by atoms with Crippen LogP contribution in [0.5, 0.6) is 0 Å². The van der Waals surface area contributed by atoms with E-state index in [1.807, 2.05) is 6.07 Å². The van der Waals surface area contributed by atoms with Gasteiger partial charge in [0, 0.05) is 32.4 Å². The van der Waals surface area contributed by atoms with Crippen molar-refractivity contribution in [1.29, 1.82) is 0 Å². The van der Waals surface area contributed by atoms with Crippen molar-refractivity contribution in [2.45, 2.75) is 32.4 Å². The van der Waals surface area contributed by atoms with Gasteiger partial charge in [-0.25, -0.2) is 9.97 Å². The second kappa shape index (κ2) is 5.93. The summed E-state index contributed by atoms with van der Waals surface area (Å²) in [4.78, 5) is 10.9. The third kappa shape index (κ3) is 3.14. The molecule has 2 N–H and O–H groups in total. The Balaban J connectivity index is 2.04. The minimum absolute atomic E-state index is 0.320. The van der Waals surface area contributed by atoms with E-state index in [0.717, 1.165) is 44.2 Å². The number of hydrogen-bond donors (Lipinski definition) is 1. The van der Waals surface area contributed by atoms with Gasteiger partial charge in [0.15, 0.2) is 0 Å². The lowest BCUT2D eigenvalue weighted by molar-refractivity contribution is 0.115. The van der Waals surface area contributed by atoms with Gasteiger partial charge in [-0.2, -0.15) is 0 Å². The van der Waals surface area contributed by atoms with E-state index < -0.39 is 0 Å². The van der Waals surface area contributed by atoms with E-state index in [-0.39, 0.29) is 0 Å². The fourth-order valence-corrected chi connectivity index (χ4v) is 2.04. The van der Waals surface area contributed by atoms with Gasteiger partial charge in [0.1, 0.15) is 0 Å². The molecule has 2 rings (SSSR count). The molecule has 0 radical (unpaired) electrons. The molecule has 0 aromatic carbocycles. The lowest BCUT2D eigenvalue weighted by Crippen LogP contribution is -2.33. The minimum Gasteiger partial charge on any atom is -0.376 e. The average Bonchev–Trinajstić information content (AvgIpc) is 2.89. The monoisotopic (exact) mass is 236 g/mol. The third-order valence-corrected chi connectivity index (χ3v) is 3.02. The highest BCUT2D eigenvalue weighted by molar-refractivity contribution is 5.30. The van der Waals surface area contributed by atoms with Crippen molar-refractivity contribution in [1.82, 2.24) is 9.97 Å². The molecule has 17 heavy (non-hydrogen) atoms. The molecular weight excluding hydrogens is 216 g/mol. The Morgan fingerprint density at radius 3 is 3.12 bits per heavy atom. The summed E-state index contributed by atoms with van der Waals surface area (Å²) in [5.74, 6) is 0.756. The molecule has 0 saturated carbocycles. The maximum atomic E-state index is 5.64. The molecule has 1 aliphatic heterocycles. The number of likely N-dealkylation sites (N-methyl/N-ethyl adjacent to an activating group) is 1. The lowest BCUT2D eigenvalue weighted by atomic mass is 10.2. The summed E-state index contributed by atoms with van der Waals surface area (Å²) in [6.45, 7) is 5.19. The van der Waals surface area contributed by atoms with Crippen molar-refractivity contribution >= 4 is 5.95 Å². The van der Waals surface area contributed by atoms with Crippen LogP contribution in [-0.2, 0) is 11.3 Å². The minimum atomic E-state index is 0.320. The first kappa shape index (κ1) is 12.3. The summed E-state index contributed by atoms with van der Waals surface area (Å²) in [5.41, 5.74) is 6.47. The molecule has 1 unspecified atom stereocenters. The van der Waals surface area contributed by atoms with E-state index in [0.29, 0.717) is 12.6 Å². The van der Waals surface area contributed by atoms with E-state index in [4.69, 9.17) is 10.5 Å². The summed E-state index contributed by atoms with van der Waals surface area (Å²) in [5, 5.41) is 0. The van der Waals surface area contributed by atoms with Gasteiger partial charge in [0.05, 0.1) is 11.8 Å². The molecule has 2 heterocycles. The number of hydrogen-bond acceptors (Lipinski definition) is 5. The van der Waals surface area contributed by atoms with Crippen LogP contribution in [0.4, 0.5) is 5.95 Å². The first-order chi connectivity index (χ1) is 8.33. The van der Waals surface area contributed by atoms with E-state index in [9.17, 15) is 0 Å². The van der Waals surface area contributed by atoms with Gasteiger partial charge >= 0.3 is 0 Å². The highest BCUT2D eigenvalue weighted by Gasteiger charge is 2.19. The molecule has 1 atom stereocenters. The second-order valence-electron chi connectivity index (χ2n) is 4.23. The predicted octanol–water partition coefficient (Wildman–Crippen LogP) is 0.941. The highest BCUT2D eigenvalue weighted by atomic mass is 16.5. The maximum absolute atomic E-state index is 5.64. The zero-order valence-electron chi connectivity index (χ0n) is 10.3. The molecule has 1 fully saturated rings. The van der Waals surface area contributed by atoms with Gasteiger partial charge in [-0.1, -0.05) is 0 Å². The van der Waals surface area contributed by atoms with Gasteiger partial charge in [0.2, 0.25) is 5.95 Å². The first-order valence-corrected chi connectivity index (χ1v) is 6.22.